The lowest BCUT2D eigenvalue weighted by Crippen LogP contribution is -2.39. The quantitative estimate of drug-likeness (QED) is 0.557. The lowest BCUT2D eigenvalue weighted by Gasteiger charge is -2.29. The maximum absolute atomic E-state index is 12.5. The molecule has 1 aliphatic rings. The Balaban J connectivity index is 1.89. The summed E-state index contributed by atoms with van der Waals surface area (Å²) in [6.07, 6.45) is -1.25. The Hall–Kier alpha value is -1.96. The summed E-state index contributed by atoms with van der Waals surface area (Å²) in [6.45, 7) is 5.80. The highest BCUT2D eigenvalue weighted by Crippen LogP contribution is 2.26. The molecule has 1 aromatic carbocycles. The highest BCUT2D eigenvalue weighted by molar-refractivity contribution is 5.79. The Morgan fingerprint density at radius 1 is 1.22 bits per heavy atom. The van der Waals surface area contributed by atoms with Crippen molar-refractivity contribution in [1.82, 2.24) is 15.5 Å². The van der Waals surface area contributed by atoms with Gasteiger partial charge < -0.3 is 20.3 Å². The molecule has 1 saturated heterocycles. The van der Waals surface area contributed by atoms with Gasteiger partial charge in [-0.3, -0.25) is 0 Å². The molecule has 0 atom stereocenters. The van der Waals surface area contributed by atoms with Gasteiger partial charge in [0, 0.05) is 18.7 Å². The van der Waals surface area contributed by atoms with Crippen molar-refractivity contribution >= 4 is 5.96 Å². The number of nitrogens with zero attached hydrogens (tertiary/aromatic N) is 2. The smallest absolute Gasteiger partial charge is 0.405 e. The van der Waals surface area contributed by atoms with Gasteiger partial charge in [0.2, 0.25) is 0 Å². The van der Waals surface area contributed by atoms with Crippen molar-refractivity contribution in [1.29, 1.82) is 0 Å². The second-order valence-electron chi connectivity index (χ2n) is 6.81. The van der Waals surface area contributed by atoms with Crippen LogP contribution >= 0.6 is 0 Å². The van der Waals surface area contributed by atoms with Crippen LogP contribution in [0.2, 0.25) is 0 Å². The topological polar surface area (TPSA) is 48.9 Å². The maximum Gasteiger partial charge on any atom is 0.573 e. The van der Waals surface area contributed by atoms with Gasteiger partial charge in [0.05, 0.1) is 6.54 Å². The standard InChI is InChI=1S/C19H29F3N4O/c1-3-23-18(24-11-8-15-9-12-26(2)13-10-15)25-14-16-6-4-5-7-17(16)27-19(20,21)22/h4-7,15H,3,8-14H2,1-2H3,(H2,23,24,25). The minimum atomic E-state index is -4.71. The molecule has 152 valence electrons. The number of guanidine groups is 1. The highest BCUT2D eigenvalue weighted by atomic mass is 19.4. The first-order valence-corrected chi connectivity index (χ1v) is 9.41. The van der Waals surface area contributed by atoms with Crippen molar-refractivity contribution in [3.8, 4) is 5.75 Å². The summed E-state index contributed by atoms with van der Waals surface area (Å²) in [6, 6.07) is 6.08. The van der Waals surface area contributed by atoms with E-state index in [0.717, 1.165) is 26.1 Å². The van der Waals surface area contributed by atoms with Gasteiger partial charge in [-0.15, -0.1) is 13.2 Å². The third-order valence-corrected chi connectivity index (χ3v) is 4.63. The predicted octanol–water partition coefficient (Wildman–Crippen LogP) is 3.37. The predicted molar refractivity (Wildman–Crippen MR) is 101 cm³/mol. The summed E-state index contributed by atoms with van der Waals surface area (Å²) < 4.78 is 41.6. The van der Waals surface area contributed by atoms with Gasteiger partial charge in [-0.05, 0) is 58.3 Å². The third-order valence-electron chi connectivity index (χ3n) is 4.63. The van der Waals surface area contributed by atoms with Crippen molar-refractivity contribution in [2.75, 3.05) is 33.2 Å². The second kappa shape index (κ2) is 10.4. The molecule has 8 heteroatoms. The molecule has 0 spiro atoms. The Morgan fingerprint density at radius 2 is 1.93 bits per heavy atom. The second-order valence-corrected chi connectivity index (χ2v) is 6.81. The molecule has 2 rings (SSSR count). The molecule has 0 amide bonds. The Labute approximate surface area is 159 Å². The average Bonchev–Trinajstić information content (AvgIpc) is 2.61. The number of piperidine rings is 1. The van der Waals surface area contributed by atoms with E-state index in [1.807, 2.05) is 6.92 Å². The summed E-state index contributed by atoms with van der Waals surface area (Å²) in [5.41, 5.74) is 0.391. The molecule has 0 saturated carbocycles. The van der Waals surface area contributed by atoms with Crippen molar-refractivity contribution in [2.45, 2.75) is 39.1 Å². The van der Waals surface area contributed by atoms with Crippen molar-refractivity contribution in [3.05, 3.63) is 29.8 Å². The van der Waals surface area contributed by atoms with Gasteiger partial charge in [0.15, 0.2) is 5.96 Å². The van der Waals surface area contributed by atoms with E-state index in [1.165, 1.54) is 25.0 Å². The van der Waals surface area contributed by atoms with E-state index in [2.05, 4.69) is 32.3 Å². The fourth-order valence-corrected chi connectivity index (χ4v) is 3.11. The Morgan fingerprint density at radius 3 is 2.59 bits per heavy atom. The van der Waals surface area contributed by atoms with Crippen LogP contribution in [-0.2, 0) is 6.54 Å². The molecule has 1 heterocycles. The molecule has 0 unspecified atom stereocenters. The summed E-state index contributed by atoms with van der Waals surface area (Å²) in [5, 5.41) is 6.41. The number of ether oxygens (including phenoxy) is 1. The summed E-state index contributed by atoms with van der Waals surface area (Å²) in [7, 11) is 2.14. The van der Waals surface area contributed by atoms with Gasteiger partial charge in [0.25, 0.3) is 0 Å². The van der Waals surface area contributed by atoms with Crippen LogP contribution < -0.4 is 15.4 Å². The molecular formula is C19H29F3N4O. The first kappa shape index (κ1) is 21.3. The van der Waals surface area contributed by atoms with Crippen LogP contribution in [0.5, 0.6) is 5.75 Å². The molecule has 0 aromatic heterocycles. The molecule has 0 radical (unpaired) electrons. The Bertz CT molecular complexity index is 599. The number of alkyl halides is 3. The van der Waals surface area contributed by atoms with Crippen LogP contribution in [-0.4, -0.2) is 50.4 Å². The minimum Gasteiger partial charge on any atom is -0.405 e. The van der Waals surface area contributed by atoms with Gasteiger partial charge in [-0.1, -0.05) is 18.2 Å². The van der Waals surface area contributed by atoms with E-state index in [1.54, 1.807) is 12.1 Å². The highest BCUT2D eigenvalue weighted by Gasteiger charge is 2.31. The van der Waals surface area contributed by atoms with Crippen LogP contribution in [0.4, 0.5) is 13.2 Å². The monoisotopic (exact) mass is 386 g/mol. The minimum absolute atomic E-state index is 0.107. The molecule has 0 bridgehead atoms. The van der Waals surface area contributed by atoms with Crippen molar-refractivity contribution in [2.24, 2.45) is 10.9 Å². The van der Waals surface area contributed by atoms with Gasteiger partial charge in [-0.2, -0.15) is 0 Å². The van der Waals surface area contributed by atoms with Crippen molar-refractivity contribution < 1.29 is 17.9 Å². The van der Waals surface area contributed by atoms with Gasteiger partial charge >= 0.3 is 6.36 Å². The van der Waals surface area contributed by atoms with E-state index in [-0.39, 0.29) is 12.3 Å². The van der Waals surface area contributed by atoms with Gasteiger partial charge in [0.1, 0.15) is 5.75 Å². The fraction of sp³-hybridized carbons (Fsp3) is 0.632. The molecule has 1 fully saturated rings. The van der Waals surface area contributed by atoms with E-state index < -0.39 is 6.36 Å². The zero-order valence-corrected chi connectivity index (χ0v) is 16.0. The number of benzene rings is 1. The van der Waals surface area contributed by atoms with Crippen LogP contribution in [0.1, 0.15) is 31.7 Å². The number of aliphatic imine (C=N–C) groups is 1. The lowest BCUT2D eigenvalue weighted by molar-refractivity contribution is -0.274. The van der Waals surface area contributed by atoms with Crippen LogP contribution in [0.3, 0.4) is 0 Å². The molecule has 0 aliphatic carbocycles. The molecule has 1 aromatic rings. The molecule has 1 aliphatic heterocycles. The van der Waals surface area contributed by atoms with E-state index in [9.17, 15) is 13.2 Å². The number of rotatable bonds is 7. The number of likely N-dealkylation sites (tertiary alicyclic amines) is 1. The van der Waals surface area contributed by atoms with Crippen molar-refractivity contribution in [3.63, 3.8) is 0 Å². The molecular weight excluding hydrogens is 357 g/mol. The number of para-hydroxylation sites is 1. The van der Waals surface area contributed by atoms with Crippen LogP contribution in [0.25, 0.3) is 0 Å². The van der Waals surface area contributed by atoms with Crippen LogP contribution in [0, 0.1) is 5.92 Å². The molecule has 5 nitrogen and oxygen atoms in total. The lowest BCUT2D eigenvalue weighted by atomic mass is 9.94. The zero-order chi connectivity index (χ0) is 19.7. The normalized spacial score (nSPS) is 17.0. The Kier molecular flexibility index (Phi) is 8.22. The SMILES string of the molecule is CCNC(=NCc1ccccc1OC(F)(F)F)NCCC1CCN(C)CC1. The van der Waals surface area contributed by atoms with E-state index >= 15 is 0 Å². The largest absolute Gasteiger partial charge is 0.573 e. The first-order chi connectivity index (χ1) is 12.9. The maximum atomic E-state index is 12.5. The van der Waals surface area contributed by atoms with Crippen LogP contribution in [0.15, 0.2) is 29.3 Å². The first-order valence-electron chi connectivity index (χ1n) is 9.41. The summed E-state index contributed by atoms with van der Waals surface area (Å²) >= 11 is 0. The average molecular weight is 386 g/mol. The number of hydrogen-bond donors (Lipinski definition) is 2. The summed E-state index contributed by atoms with van der Waals surface area (Å²) in [5.74, 6) is 1.10. The number of nitrogens with one attached hydrogen (secondary N) is 2. The summed E-state index contributed by atoms with van der Waals surface area (Å²) in [4.78, 5) is 6.75. The van der Waals surface area contributed by atoms with E-state index in [0.29, 0.717) is 24.0 Å². The molecule has 2 N–H and O–H groups in total. The fourth-order valence-electron chi connectivity index (χ4n) is 3.11. The number of hydrogen-bond acceptors (Lipinski definition) is 3. The molecule has 27 heavy (non-hydrogen) atoms. The number of halogens is 3. The zero-order valence-electron chi connectivity index (χ0n) is 16.0. The van der Waals surface area contributed by atoms with Gasteiger partial charge in [-0.25, -0.2) is 4.99 Å². The third kappa shape index (κ3) is 8.07. The van der Waals surface area contributed by atoms with E-state index in [4.69, 9.17) is 0 Å².